The first kappa shape index (κ1) is 16.2. The van der Waals surface area contributed by atoms with E-state index in [1.165, 1.54) is 37.0 Å². The lowest BCUT2D eigenvalue weighted by molar-refractivity contribution is 0.0963. The number of nitrogens with two attached hydrogens (primary N) is 1. The third-order valence-electron chi connectivity index (χ3n) is 3.59. The Morgan fingerprint density at radius 2 is 2.10 bits per heavy atom. The first-order valence-electron chi connectivity index (χ1n) is 7.29. The molecule has 1 aliphatic heterocycles. The van der Waals surface area contributed by atoms with E-state index in [2.05, 4.69) is 16.8 Å². The maximum absolute atomic E-state index is 12.2. The molecule has 1 saturated heterocycles. The van der Waals surface area contributed by atoms with E-state index in [-0.39, 0.29) is 5.91 Å². The maximum Gasteiger partial charge on any atom is 0.263 e. The number of nitrogens with one attached hydrogen (secondary N) is 1. The normalized spacial score (nSPS) is 15.6. The third kappa shape index (κ3) is 3.74. The first-order valence-corrected chi connectivity index (χ1v) is 9.33. The van der Waals surface area contributed by atoms with Crippen LogP contribution in [0.1, 0.15) is 35.4 Å². The van der Waals surface area contributed by atoms with Crippen molar-refractivity contribution in [1.29, 1.82) is 0 Å². The average molecular weight is 326 g/mol. The molecule has 2 rings (SSSR count). The molecule has 1 fully saturated rings. The molecule has 21 heavy (non-hydrogen) atoms. The number of carbonyl (C=O) groups excluding carboxylic acids is 1. The highest BCUT2D eigenvalue weighted by Crippen LogP contribution is 2.44. The maximum atomic E-state index is 12.2. The van der Waals surface area contributed by atoms with Crippen molar-refractivity contribution in [2.24, 2.45) is 0 Å². The predicted molar refractivity (Wildman–Crippen MR) is 93.7 cm³/mol. The fraction of sp³-hybridized carbons (Fsp3) is 0.533. The number of carbonyl (C=O) groups is 1. The Balaban J connectivity index is 2.28. The summed E-state index contributed by atoms with van der Waals surface area (Å²) in [6, 6.07) is 0. The van der Waals surface area contributed by atoms with Gasteiger partial charge in [0.25, 0.3) is 5.91 Å². The molecule has 3 N–H and O–H groups in total. The molecule has 1 aromatic heterocycles. The van der Waals surface area contributed by atoms with E-state index in [1.54, 1.807) is 17.8 Å². The Hall–Kier alpha value is -1.14. The number of rotatable bonds is 5. The van der Waals surface area contributed by atoms with Crippen molar-refractivity contribution in [1.82, 2.24) is 5.32 Å². The Bertz CT molecular complexity index is 505. The van der Waals surface area contributed by atoms with Gasteiger partial charge in [-0.25, -0.2) is 0 Å². The van der Waals surface area contributed by atoms with Crippen molar-refractivity contribution >= 4 is 39.7 Å². The van der Waals surface area contributed by atoms with E-state index in [0.29, 0.717) is 17.1 Å². The molecule has 116 valence electrons. The number of thiophene rings is 1. The summed E-state index contributed by atoms with van der Waals surface area (Å²) in [6.45, 7) is 6.19. The van der Waals surface area contributed by atoms with Crippen LogP contribution < -0.4 is 16.0 Å². The quantitative estimate of drug-likeness (QED) is 0.644. The van der Waals surface area contributed by atoms with Gasteiger partial charge in [-0.15, -0.1) is 29.7 Å². The van der Waals surface area contributed by atoms with Crippen molar-refractivity contribution < 1.29 is 4.79 Å². The smallest absolute Gasteiger partial charge is 0.263 e. The molecule has 0 aromatic carbocycles. The lowest BCUT2D eigenvalue weighted by Crippen LogP contribution is -2.23. The van der Waals surface area contributed by atoms with Crippen LogP contribution in [0.4, 0.5) is 10.7 Å². The van der Waals surface area contributed by atoms with Gasteiger partial charge in [-0.2, -0.15) is 0 Å². The topological polar surface area (TPSA) is 58.4 Å². The lowest BCUT2D eigenvalue weighted by atomic mass is 10.2. The Morgan fingerprint density at radius 3 is 2.67 bits per heavy atom. The second-order valence-electron chi connectivity index (χ2n) is 5.08. The SMILES string of the molecule is C=CCNC(=O)c1sc(N2CCCCCC2)c(SC)c1N. The van der Waals surface area contributed by atoms with Gasteiger partial charge in [-0.3, -0.25) is 4.79 Å². The largest absolute Gasteiger partial charge is 0.396 e. The molecular weight excluding hydrogens is 302 g/mol. The van der Waals surface area contributed by atoms with Gasteiger partial charge in [0.2, 0.25) is 0 Å². The van der Waals surface area contributed by atoms with Crippen LogP contribution in [0.5, 0.6) is 0 Å². The van der Waals surface area contributed by atoms with Crippen molar-refractivity contribution in [2.45, 2.75) is 30.6 Å². The zero-order valence-corrected chi connectivity index (χ0v) is 14.1. The fourth-order valence-electron chi connectivity index (χ4n) is 2.51. The standard InChI is InChI=1S/C15H23N3OS2/c1-3-8-17-14(19)12-11(16)13(20-2)15(21-12)18-9-6-4-5-7-10-18/h3H,1,4-10,16H2,2H3,(H,17,19). The minimum absolute atomic E-state index is 0.103. The minimum Gasteiger partial charge on any atom is -0.396 e. The van der Waals surface area contributed by atoms with Gasteiger partial charge in [0.05, 0.1) is 10.6 Å². The number of nitrogen functional groups attached to an aromatic ring is 1. The Labute approximate surface area is 134 Å². The first-order chi connectivity index (χ1) is 10.2. The molecule has 0 saturated carbocycles. The molecule has 6 heteroatoms. The molecule has 0 bridgehead atoms. The number of amides is 1. The molecule has 0 radical (unpaired) electrons. The number of thioether (sulfide) groups is 1. The summed E-state index contributed by atoms with van der Waals surface area (Å²) >= 11 is 3.15. The van der Waals surface area contributed by atoms with Crippen molar-refractivity contribution in [3.8, 4) is 0 Å². The molecule has 0 unspecified atom stereocenters. The van der Waals surface area contributed by atoms with Gasteiger partial charge < -0.3 is 16.0 Å². The van der Waals surface area contributed by atoms with Crippen LogP contribution >= 0.6 is 23.1 Å². The molecule has 1 amide bonds. The fourth-order valence-corrected chi connectivity index (χ4v) is 4.66. The predicted octanol–water partition coefficient (Wildman–Crippen LogP) is 3.35. The number of anilines is 2. The van der Waals surface area contributed by atoms with E-state index in [0.717, 1.165) is 23.0 Å². The van der Waals surface area contributed by atoms with Crippen LogP contribution in [0.15, 0.2) is 17.6 Å². The highest BCUT2D eigenvalue weighted by molar-refractivity contribution is 7.99. The van der Waals surface area contributed by atoms with Crippen LogP contribution in [0.3, 0.4) is 0 Å². The van der Waals surface area contributed by atoms with E-state index < -0.39 is 0 Å². The molecule has 1 aliphatic rings. The van der Waals surface area contributed by atoms with Crippen LogP contribution in [0, 0.1) is 0 Å². The molecule has 2 heterocycles. The molecule has 1 aromatic rings. The Morgan fingerprint density at radius 1 is 1.43 bits per heavy atom. The Kier molecular flexibility index (Phi) is 5.99. The van der Waals surface area contributed by atoms with E-state index >= 15 is 0 Å². The molecule has 0 spiro atoms. The summed E-state index contributed by atoms with van der Waals surface area (Å²) < 4.78 is 0. The molecule has 0 atom stereocenters. The average Bonchev–Trinajstić information content (AvgIpc) is 2.68. The summed E-state index contributed by atoms with van der Waals surface area (Å²) in [5.41, 5.74) is 6.83. The third-order valence-corrected chi connectivity index (χ3v) is 5.81. The van der Waals surface area contributed by atoms with Gasteiger partial charge in [-0.1, -0.05) is 18.9 Å². The number of hydrogen-bond acceptors (Lipinski definition) is 5. The van der Waals surface area contributed by atoms with E-state index in [4.69, 9.17) is 5.73 Å². The van der Waals surface area contributed by atoms with Crippen LogP contribution in [0.2, 0.25) is 0 Å². The van der Waals surface area contributed by atoms with Crippen molar-refractivity contribution in [3.05, 3.63) is 17.5 Å². The monoisotopic (exact) mass is 325 g/mol. The zero-order chi connectivity index (χ0) is 15.2. The van der Waals surface area contributed by atoms with Gasteiger partial charge in [0.15, 0.2) is 0 Å². The molecular formula is C15H23N3OS2. The van der Waals surface area contributed by atoms with Crippen LogP contribution in [-0.4, -0.2) is 31.8 Å². The van der Waals surface area contributed by atoms with Gasteiger partial charge in [-0.05, 0) is 19.1 Å². The van der Waals surface area contributed by atoms with Gasteiger partial charge in [0, 0.05) is 19.6 Å². The summed E-state index contributed by atoms with van der Waals surface area (Å²) in [6.07, 6.45) is 8.70. The highest BCUT2D eigenvalue weighted by Gasteiger charge is 2.24. The number of nitrogens with zero attached hydrogens (tertiary/aromatic N) is 1. The van der Waals surface area contributed by atoms with Crippen molar-refractivity contribution in [3.63, 3.8) is 0 Å². The lowest BCUT2D eigenvalue weighted by Gasteiger charge is -2.21. The summed E-state index contributed by atoms with van der Waals surface area (Å²) in [5.74, 6) is -0.103. The second kappa shape index (κ2) is 7.75. The van der Waals surface area contributed by atoms with Crippen molar-refractivity contribution in [2.75, 3.05) is 36.5 Å². The highest BCUT2D eigenvalue weighted by atomic mass is 32.2. The van der Waals surface area contributed by atoms with E-state index in [1.807, 2.05) is 6.26 Å². The summed E-state index contributed by atoms with van der Waals surface area (Å²) in [4.78, 5) is 16.3. The second-order valence-corrected chi connectivity index (χ2v) is 6.90. The summed E-state index contributed by atoms with van der Waals surface area (Å²) in [7, 11) is 0. The summed E-state index contributed by atoms with van der Waals surface area (Å²) in [5, 5.41) is 3.97. The van der Waals surface area contributed by atoms with Crippen LogP contribution in [0.25, 0.3) is 0 Å². The van der Waals surface area contributed by atoms with E-state index in [9.17, 15) is 4.79 Å². The van der Waals surface area contributed by atoms with Crippen LogP contribution in [-0.2, 0) is 0 Å². The molecule has 4 nitrogen and oxygen atoms in total. The van der Waals surface area contributed by atoms with Gasteiger partial charge in [0.1, 0.15) is 9.88 Å². The van der Waals surface area contributed by atoms with Gasteiger partial charge >= 0.3 is 0 Å². The zero-order valence-electron chi connectivity index (χ0n) is 12.5. The molecule has 0 aliphatic carbocycles. The number of hydrogen-bond donors (Lipinski definition) is 2. The minimum atomic E-state index is -0.103.